The third-order valence-corrected chi connectivity index (χ3v) is 5.50. The van der Waals surface area contributed by atoms with Gasteiger partial charge >= 0.3 is 0 Å². The van der Waals surface area contributed by atoms with E-state index >= 15 is 0 Å². The molecule has 29 heavy (non-hydrogen) atoms. The summed E-state index contributed by atoms with van der Waals surface area (Å²) in [6.45, 7) is 2.10. The van der Waals surface area contributed by atoms with Crippen molar-refractivity contribution in [1.29, 1.82) is 0 Å². The van der Waals surface area contributed by atoms with E-state index in [1.54, 1.807) is 14.2 Å². The second-order valence-electron chi connectivity index (χ2n) is 7.01. The monoisotopic (exact) mass is 406 g/mol. The van der Waals surface area contributed by atoms with Gasteiger partial charge in [0.15, 0.2) is 0 Å². The molecule has 148 valence electrons. The third-order valence-electron chi connectivity index (χ3n) is 5.25. The Labute approximate surface area is 176 Å². The second-order valence-corrected chi connectivity index (χ2v) is 7.45. The first-order chi connectivity index (χ1) is 14.1. The van der Waals surface area contributed by atoms with Crippen molar-refractivity contribution < 1.29 is 9.47 Å². The average Bonchev–Trinajstić information content (AvgIpc) is 3.19. The molecule has 0 spiro atoms. The van der Waals surface area contributed by atoms with Gasteiger partial charge in [-0.1, -0.05) is 41.9 Å². The molecule has 4 rings (SSSR count). The number of hydrazone groups is 1. The lowest BCUT2D eigenvalue weighted by Crippen LogP contribution is -2.20. The first-order valence-electron chi connectivity index (χ1n) is 9.51. The molecule has 0 aliphatic carbocycles. The number of benzene rings is 3. The fraction of sp³-hybridized carbons (Fsp3) is 0.208. The van der Waals surface area contributed by atoms with Crippen molar-refractivity contribution in [1.82, 2.24) is 0 Å². The number of aryl methyl sites for hydroxylation is 1. The molecule has 3 aromatic carbocycles. The quantitative estimate of drug-likeness (QED) is 0.519. The van der Waals surface area contributed by atoms with E-state index < -0.39 is 0 Å². The van der Waals surface area contributed by atoms with Crippen LogP contribution >= 0.6 is 11.6 Å². The van der Waals surface area contributed by atoms with Crippen LogP contribution in [0.2, 0.25) is 5.02 Å². The number of para-hydroxylation sites is 1. The van der Waals surface area contributed by atoms with Crippen LogP contribution in [0.15, 0.2) is 71.8 Å². The van der Waals surface area contributed by atoms with Crippen molar-refractivity contribution in [3.8, 4) is 11.5 Å². The summed E-state index contributed by atoms with van der Waals surface area (Å²) in [4.78, 5) is 0. The van der Waals surface area contributed by atoms with Gasteiger partial charge in [-0.25, -0.2) is 0 Å². The molecule has 0 N–H and O–H groups in total. The highest BCUT2D eigenvalue weighted by atomic mass is 35.5. The molecule has 5 heteroatoms. The zero-order valence-electron chi connectivity index (χ0n) is 16.7. The van der Waals surface area contributed by atoms with Gasteiger partial charge in [-0.2, -0.15) is 5.10 Å². The highest BCUT2D eigenvalue weighted by Gasteiger charge is 2.32. The summed E-state index contributed by atoms with van der Waals surface area (Å²) in [5.41, 5.74) is 5.42. The Bertz CT molecular complexity index is 1050. The summed E-state index contributed by atoms with van der Waals surface area (Å²) < 4.78 is 11.1. The van der Waals surface area contributed by atoms with Gasteiger partial charge in [-0.15, -0.1) is 0 Å². The van der Waals surface area contributed by atoms with Gasteiger partial charge in [0, 0.05) is 23.1 Å². The maximum absolute atomic E-state index is 6.08. The Hall–Kier alpha value is -2.98. The normalized spacial score (nSPS) is 15.9. The number of nitrogens with zero attached hydrogens (tertiary/aromatic N) is 2. The molecule has 0 saturated carbocycles. The minimum Gasteiger partial charge on any atom is -0.497 e. The van der Waals surface area contributed by atoms with E-state index in [0.29, 0.717) is 0 Å². The van der Waals surface area contributed by atoms with Crippen molar-refractivity contribution in [3.63, 3.8) is 0 Å². The summed E-state index contributed by atoms with van der Waals surface area (Å²) >= 11 is 6.08. The van der Waals surface area contributed by atoms with Crippen LogP contribution in [0.1, 0.15) is 29.2 Å². The smallest absolute Gasteiger partial charge is 0.127 e. The predicted octanol–water partition coefficient (Wildman–Crippen LogP) is 6.02. The van der Waals surface area contributed by atoms with Gasteiger partial charge in [0.25, 0.3) is 0 Å². The lowest BCUT2D eigenvalue weighted by molar-refractivity contribution is 0.388. The summed E-state index contributed by atoms with van der Waals surface area (Å²) in [6.07, 6.45) is 0.763. The van der Waals surface area contributed by atoms with Crippen molar-refractivity contribution in [2.24, 2.45) is 5.10 Å². The number of hydrogen-bond donors (Lipinski definition) is 0. The number of methoxy groups -OCH3 is 2. The summed E-state index contributed by atoms with van der Waals surface area (Å²) in [5, 5.41) is 7.83. The molecule has 0 fully saturated rings. The number of halogens is 1. The van der Waals surface area contributed by atoms with E-state index in [2.05, 4.69) is 30.1 Å². The fourth-order valence-corrected chi connectivity index (χ4v) is 3.83. The molecule has 0 amide bonds. The molecule has 3 aromatic rings. The zero-order chi connectivity index (χ0) is 20.4. The van der Waals surface area contributed by atoms with E-state index in [-0.39, 0.29) is 6.04 Å². The highest BCUT2D eigenvalue weighted by Crippen LogP contribution is 2.42. The molecular formula is C24H23ClN2O2. The molecule has 1 heterocycles. The number of hydrogen-bond acceptors (Lipinski definition) is 4. The molecule has 4 nitrogen and oxygen atoms in total. The number of rotatable bonds is 5. The zero-order valence-corrected chi connectivity index (χ0v) is 17.5. The first kappa shape index (κ1) is 19.3. The maximum Gasteiger partial charge on any atom is 0.127 e. The molecule has 0 radical (unpaired) electrons. The third kappa shape index (κ3) is 3.81. The van der Waals surface area contributed by atoms with Crippen molar-refractivity contribution >= 4 is 23.0 Å². The lowest BCUT2D eigenvalue weighted by Gasteiger charge is -2.26. The topological polar surface area (TPSA) is 34.1 Å². The Kier molecular flexibility index (Phi) is 5.45. The molecule has 1 aliphatic heterocycles. The summed E-state index contributed by atoms with van der Waals surface area (Å²) in [6, 6.07) is 22.1. The molecule has 1 unspecified atom stereocenters. The Morgan fingerprint density at radius 1 is 0.966 bits per heavy atom. The maximum atomic E-state index is 6.08. The van der Waals surface area contributed by atoms with E-state index in [1.165, 1.54) is 5.56 Å². The van der Waals surface area contributed by atoms with Crippen LogP contribution in [0, 0.1) is 6.92 Å². The van der Waals surface area contributed by atoms with E-state index in [1.807, 2.05) is 48.5 Å². The first-order valence-corrected chi connectivity index (χ1v) is 9.88. The lowest BCUT2D eigenvalue weighted by atomic mass is 9.97. The molecule has 1 aliphatic rings. The van der Waals surface area contributed by atoms with Crippen molar-refractivity contribution in [2.75, 3.05) is 19.2 Å². The van der Waals surface area contributed by atoms with Crippen LogP contribution in [0.25, 0.3) is 0 Å². The second kappa shape index (κ2) is 8.18. The SMILES string of the molecule is COc1ccc(C2CC(c3ccc(Cl)cc3)=NN2c2ccccc2C)c(OC)c1. The Morgan fingerprint density at radius 2 is 1.72 bits per heavy atom. The van der Waals surface area contributed by atoms with Crippen molar-refractivity contribution in [3.05, 3.63) is 88.4 Å². The van der Waals surface area contributed by atoms with Crippen LogP contribution in [-0.4, -0.2) is 19.9 Å². The Balaban J connectivity index is 1.80. The minimum absolute atomic E-state index is 0.0163. The average molecular weight is 407 g/mol. The fourth-order valence-electron chi connectivity index (χ4n) is 3.71. The van der Waals surface area contributed by atoms with Crippen LogP contribution in [0.5, 0.6) is 11.5 Å². The van der Waals surface area contributed by atoms with Crippen molar-refractivity contribution in [2.45, 2.75) is 19.4 Å². The molecule has 0 saturated heterocycles. The predicted molar refractivity (Wildman–Crippen MR) is 119 cm³/mol. The minimum atomic E-state index is 0.0163. The molecule has 1 atom stereocenters. The summed E-state index contributed by atoms with van der Waals surface area (Å²) in [5.74, 6) is 1.56. The van der Waals surface area contributed by atoms with Crippen LogP contribution in [-0.2, 0) is 0 Å². The van der Waals surface area contributed by atoms with Crippen LogP contribution < -0.4 is 14.5 Å². The van der Waals surface area contributed by atoms with Gasteiger partial charge in [-0.3, -0.25) is 5.01 Å². The van der Waals surface area contributed by atoms with E-state index in [0.717, 1.165) is 45.5 Å². The van der Waals surface area contributed by atoms with Gasteiger partial charge in [0.2, 0.25) is 0 Å². The van der Waals surface area contributed by atoms with Gasteiger partial charge < -0.3 is 9.47 Å². The van der Waals surface area contributed by atoms with Gasteiger partial charge in [-0.05, 0) is 48.4 Å². The van der Waals surface area contributed by atoms with Gasteiger partial charge in [0.1, 0.15) is 11.5 Å². The van der Waals surface area contributed by atoms with Gasteiger partial charge in [0.05, 0.1) is 31.7 Å². The number of anilines is 1. The standard InChI is InChI=1S/C24H23ClN2O2/c1-16-6-4-5-7-22(16)27-23(20-13-12-19(28-2)14-24(20)29-3)15-21(26-27)17-8-10-18(25)11-9-17/h4-14,23H,15H2,1-3H3. The molecule has 0 bridgehead atoms. The number of ether oxygens (including phenoxy) is 2. The summed E-state index contributed by atoms with van der Waals surface area (Å²) in [7, 11) is 3.34. The van der Waals surface area contributed by atoms with E-state index in [4.69, 9.17) is 26.2 Å². The largest absolute Gasteiger partial charge is 0.497 e. The molecule has 0 aromatic heterocycles. The molecular weight excluding hydrogens is 384 g/mol. The van der Waals surface area contributed by atoms with Crippen LogP contribution in [0.3, 0.4) is 0 Å². The van der Waals surface area contributed by atoms with E-state index in [9.17, 15) is 0 Å². The highest BCUT2D eigenvalue weighted by molar-refractivity contribution is 6.30. The van der Waals surface area contributed by atoms with Crippen LogP contribution in [0.4, 0.5) is 5.69 Å². The Morgan fingerprint density at radius 3 is 2.41 bits per heavy atom.